The summed E-state index contributed by atoms with van der Waals surface area (Å²) in [6.07, 6.45) is 2.63. The van der Waals surface area contributed by atoms with Gasteiger partial charge in [-0.05, 0) is 53.9 Å². The SMILES string of the molecule is COc1cccc([C@H]2OC(=O)N[C@@H]2c2cccc(C#Cc3cnccc3C)c2)c1. The molecule has 1 fully saturated rings. The summed E-state index contributed by atoms with van der Waals surface area (Å²) in [6.45, 7) is 2.01. The molecule has 2 heterocycles. The number of ether oxygens (including phenoxy) is 2. The van der Waals surface area contributed by atoms with Crippen molar-refractivity contribution >= 4 is 6.09 Å². The van der Waals surface area contributed by atoms with Crippen LogP contribution in [0.25, 0.3) is 0 Å². The number of pyridine rings is 1. The molecule has 0 aliphatic carbocycles. The number of alkyl carbamates (subject to hydrolysis) is 1. The summed E-state index contributed by atoms with van der Waals surface area (Å²) in [5, 5.41) is 2.91. The van der Waals surface area contributed by atoms with Crippen LogP contribution < -0.4 is 10.1 Å². The summed E-state index contributed by atoms with van der Waals surface area (Å²) < 4.78 is 10.8. The first kappa shape index (κ1) is 18.6. The first-order valence-electron chi connectivity index (χ1n) is 9.28. The minimum Gasteiger partial charge on any atom is -0.497 e. The lowest BCUT2D eigenvalue weighted by atomic mass is 9.95. The van der Waals surface area contributed by atoms with Crippen LogP contribution in [0.2, 0.25) is 0 Å². The molecule has 2 atom stereocenters. The highest BCUT2D eigenvalue weighted by atomic mass is 16.6. The van der Waals surface area contributed by atoms with Crippen molar-refractivity contribution < 1.29 is 14.3 Å². The molecule has 29 heavy (non-hydrogen) atoms. The van der Waals surface area contributed by atoms with Gasteiger partial charge in [0, 0.05) is 23.5 Å². The number of hydrogen-bond acceptors (Lipinski definition) is 4. The number of nitrogens with zero attached hydrogens (tertiary/aromatic N) is 1. The number of rotatable bonds is 3. The van der Waals surface area contributed by atoms with Crippen molar-refractivity contribution in [3.63, 3.8) is 0 Å². The van der Waals surface area contributed by atoms with Crippen LogP contribution >= 0.6 is 0 Å². The second-order valence-corrected chi connectivity index (χ2v) is 6.79. The Labute approximate surface area is 169 Å². The van der Waals surface area contributed by atoms with Crippen LogP contribution in [0.5, 0.6) is 5.75 Å². The fourth-order valence-electron chi connectivity index (χ4n) is 3.30. The smallest absolute Gasteiger partial charge is 0.408 e. The van der Waals surface area contributed by atoms with Crippen molar-refractivity contribution in [1.82, 2.24) is 10.3 Å². The molecule has 1 aliphatic rings. The molecule has 1 aliphatic heterocycles. The molecular weight excluding hydrogens is 364 g/mol. The molecule has 0 saturated carbocycles. The van der Waals surface area contributed by atoms with E-state index in [1.165, 1.54) is 0 Å². The van der Waals surface area contributed by atoms with E-state index in [0.717, 1.165) is 33.6 Å². The maximum atomic E-state index is 12.0. The van der Waals surface area contributed by atoms with Gasteiger partial charge in [-0.2, -0.15) is 0 Å². The average molecular weight is 384 g/mol. The third-order valence-corrected chi connectivity index (χ3v) is 4.86. The van der Waals surface area contributed by atoms with Crippen LogP contribution in [0, 0.1) is 18.8 Å². The maximum absolute atomic E-state index is 12.0. The Morgan fingerprint density at radius 2 is 1.90 bits per heavy atom. The van der Waals surface area contributed by atoms with Gasteiger partial charge in [0.25, 0.3) is 0 Å². The number of carbonyl (C=O) groups is 1. The fraction of sp³-hybridized carbons (Fsp3) is 0.167. The van der Waals surface area contributed by atoms with E-state index in [1.54, 1.807) is 19.5 Å². The number of nitrogens with one attached hydrogen (secondary N) is 1. The van der Waals surface area contributed by atoms with Gasteiger partial charge in [0.1, 0.15) is 5.75 Å². The van der Waals surface area contributed by atoms with Crippen molar-refractivity contribution in [1.29, 1.82) is 0 Å². The highest BCUT2D eigenvalue weighted by Gasteiger charge is 2.36. The fourth-order valence-corrected chi connectivity index (χ4v) is 3.30. The van der Waals surface area contributed by atoms with E-state index in [0.29, 0.717) is 0 Å². The zero-order valence-corrected chi connectivity index (χ0v) is 16.2. The van der Waals surface area contributed by atoms with Crippen molar-refractivity contribution in [2.45, 2.75) is 19.1 Å². The molecule has 4 rings (SSSR count). The van der Waals surface area contributed by atoms with E-state index in [2.05, 4.69) is 22.1 Å². The molecule has 5 heteroatoms. The molecule has 0 spiro atoms. The van der Waals surface area contributed by atoms with Gasteiger partial charge in [0.2, 0.25) is 0 Å². The van der Waals surface area contributed by atoms with Crippen molar-refractivity contribution in [2.24, 2.45) is 0 Å². The van der Waals surface area contributed by atoms with E-state index < -0.39 is 12.2 Å². The van der Waals surface area contributed by atoms with Crippen LogP contribution in [-0.4, -0.2) is 18.2 Å². The summed E-state index contributed by atoms with van der Waals surface area (Å²) in [4.78, 5) is 16.1. The van der Waals surface area contributed by atoms with Gasteiger partial charge in [-0.3, -0.25) is 4.98 Å². The van der Waals surface area contributed by atoms with E-state index in [4.69, 9.17) is 9.47 Å². The second-order valence-electron chi connectivity index (χ2n) is 6.79. The predicted octanol–water partition coefficient (Wildman–Crippen LogP) is 4.32. The second kappa shape index (κ2) is 8.07. The minimum absolute atomic E-state index is 0.309. The standard InChI is InChI=1S/C24H20N2O3/c1-16-11-12-25-15-20(16)10-9-17-5-3-6-18(13-17)22-23(29-24(27)26-22)19-7-4-8-21(14-19)28-2/h3-8,11-15,22-23H,1-2H3,(H,26,27)/t22-,23-/m1/s1. The third kappa shape index (κ3) is 4.07. The molecular formula is C24H20N2O3. The lowest BCUT2D eigenvalue weighted by Crippen LogP contribution is -2.19. The van der Waals surface area contributed by atoms with Crippen LogP contribution in [0.3, 0.4) is 0 Å². The van der Waals surface area contributed by atoms with Crippen molar-refractivity contribution in [2.75, 3.05) is 7.11 Å². The Bertz CT molecular complexity index is 1110. The molecule has 1 N–H and O–H groups in total. The van der Waals surface area contributed by atoms with Gasteiger partial charge < -0.3 is 14.8 Å². The van der Waals surface area contributed by atoms with Crippen LogP contribution in [-0.2, 0) is 4.74 Å². The van der Waals surface area contributed by atoms with Gasteiger partial charge in [0.05, 0.1) is 13.2 Å². The number of hydrogen-bond donors (Lipinski definition) is 1. The largest absolute Gasteiger partial charge is 0.497 e. The maximum Gasteiger partial charge on any atom is 0.408 e. The van der Waals surface area contributed by atoms with Crippen molar-refractivity contribution in [3.05, 3.63) is 94.8 Å². The van der Waals surface area contributed by atoms with Gasteiger partial charge in [-0.15, -0.1) is 0 Å². The van der Waals surface area contributed by atoms with E-state index in [1.807, 2.05) is 61.5 Å². The Hall–Kier alpha value is -3.78. The Kier molecular flexibility index (Phi) is 5.17. The first-order chi connectivity index (χ1) is 14.1. The molecule has 1 aromatic heterocycles. The Morgan fingerprint density at radius 1 is 1.07 bits per heavy atom. The molecule has 3 aromatic rings. The lowest BCUT2D eigenvalue weighted by molar-refractivity contribution is 0.132. The highest BCUT2D eigenvalue weighted by molar-refractivity contribution is 5.71. The van der Waals surface area contributed by atoms with E-state index in [-0.39, 0.29) is 6.04 Å². The number of amides is 1. The molecule has 144 valence electrons. The molecule has 5 nitrogen and oxygen atoms in total. The predicted molar refractivity (Wildman–Crippen MR) is 109 cm³/mol. The third-order valence-electron chi connectivity index (χ3n) is 4.86. The monoisotopic (exact) mass is 384 g/mol. The molecule has 0 bridgehead atoms. The first-order valence-corrected chi connectivity index (χ1v) is 9.28. The summed E-state index contributed by atoms with van der Waals surface area (Å²) >= 11 is 0. The van der Waals surface area contributed by atoms with Gasteiger partial charge >= 0.3 is 6.09 Å². The highest BCUT2D eigenvalue weighted by Crippen LogP contribution is 2.37. The van der Waals surface area contributed by atoms with Gasteiger partial charge in [-0.1, -0.05) is 36.1 Å². The van der Waals surface area contributed by atoms with Gasteiger partial charge in [0.15, 0.2) is 6.10 Å². The topological polar surface area (TPSA) is 60.5 Å². The molecule has 2 aromatic carbocycles. The number of carbonyl (C=O) groups excluding carboxylic acids is 1. The number of aryl methyl sites for hydroxylation is 1. The summed E-state index contributed by atoms with van der Waals surface area (Å²) in [5.74, 6) is 7.07. The molecule has 0 unspecified atom stereocenters. The van der Waals surface area contributed by atoms with Crippen molar-refractivity contribution in [3.8, 4) is 17.6 Å². The zero-order chi connectivity index (χ0) is 20.2. The number of aromatic nitrogens is 1. The van der Waals surface area contributed by atoms with E-state index >= 15 is 0 Å². The molecule has 0 radical (unpaired) electrons. The molecule has 1 amide bonds. The summed E-state index contributed by atoms with van der Waals surface area (Å²) in [7, 11) is 1.61. The lowest BCUT2D eigenvalue weighted by Gasteiger charge is -2.18. The number of cyclic esters (lactones) is 1. The number of methoxy groups -OCH3 is 1. The van der Waals surface area contributed by atoms with Gasteiger partial charge in [-0.25, -0.2) is 4.79 Å². The minimum atomic E-state index is -0.443. The van der Waals surface area contributed by atoms with Crippen LogP contribution in [0.1, 0.15) is 40.0 Å². The quantitative estimate of drug-likeness (QED) is 0.683. The average Bonchev–Trinajstić information content (AvgIpc) is 3.15. The Morgan fingerprint density at radius 3 is 2.72 bits per heavy atom. The summed E-state index contributed by atoms with van der Waals surface area (Å²) in [5.41, 5.74) is 4.63. The summed E-state index contributed by atoms with van der Waals surface area (Å²) in [6, 6.07) is 17.0. The number of benzene rings is 2. The van der Waals surface area contributed by atoms with E-state index in [9.17, 15) is 4.79 Å². The van der Waals surface area contributed by atoms with Crippen LogP contribution in [0.15, 0.2) is 67.0 Å². The molecule has 1 saturated heterocycles. The Balaban J connectivity index is 1.64. The normalized spacial score (nSPS) is 17.7. The van der Waals surface area contributed by atoms with Crippen LogP contribution in [0.4, 0.5) is 4.79 Å². The zero-order valence-electron chi connectivity index (χ0n) is 16.2.